The van der Waals surface area contributed by atoms with Gasteiger partial charge < -0.3 is 4.74 Å². The number of nitrogens with zero attached hydrogens (tertiary/aromatic N) is 1. The molecule has 2 aromatic rings. The van der Waals surface area contributed by atoms with Crippen molar-refractivity contribution < 1.29 is 9.53 Å². The van der Waals surface area contributed by atoms with E-state index in [2.05, 4.69) is 4.98 Å². The number of hydrogen-bond donors (Lipinski definition) is 0. The predicted molar refractivity (Wildman–Crippen MR) is 90.9 cm³/mol. The molecular formula is C16H14Cl3NO2. The van der Waals surface area contributed by atoms with Crippen LogP contribution >= 0.6 is 34.8 Å². The number of allylic oxidation sites excluding steroid dienone is 1. The van der Waals surface area contributed by atoms with Crippen LogP contribution in [0.2, 0.25) is 5.02 Å². The third-order valence-corrected chi connectivity index (χ3v) is 3.93. The van der Waals surface area contributed by atoms with Gasteiger partial charge in [0, 0.05) is 11.1 Å². The van der Waals surface area contributed by atoms with Gasteiger partial charge in [-0.25, -0.2) is 4.79 Å². The summed E-state index contributed by atoms with van der Waals surface area (Å²) < 4.78 is 5.18. The standard InChI is InChI=1S/C16H14Cl3NO2/c1-3-22-16(21)10-4-6-13-12(8-10)15(19)11(9(2)20-13)5-7-14(17)18/h4,6-8H,3,5H2,1-2H3. The highest BCUT2D eigenvalue weighted by atomic mass is 35.5. The van der Waals surface area contributed by atoms with Crippen LogP contribution in [-0.4, -0.2) is 17.6 Å². The first-order valence-corrected chi connectivity index (χ1v) is 7.84. The van der Waals surface area contributed by atoms with Crippen LogP contribution in [0.1, 0.15) is 28.5 Å². The molecule has 2 rings (SSSR count). The molecule has 0 aliphatic heterocycles. The first-order chi connectivity index (χ1) is 10.4. The molecule has 0 spiro atoms. The van der Waals surface area contributed by atoms with Crippen molar-refractivity contribution in [1.82, 2.24) is 4.98 Å². The van der Waals surface area contributed by atoms with E-state index in [1.54, 1.807) is 31.2 Å². The molecule has 22 heavy (non-hydrogen) atoms. The fourth-order valence-electron chi connectivity index (χ4n) is 2.14. The summed E-state index contributed by atoms with van der Waals surface area (Å²) in [5.41, 5.74) is 2.79. The summed E-state index contributed by atoms with van der Waals surface area (Å²) in [6.07, 6.45) is 2.12. The van der Waals surface area contributed by atoms with Gasteiger partial charge in [-0.05, 0) is 50.1 Å². The molecular weight excluding hydrogens is 345 g/mol. The van der Waals surface area contributed by atoms with E-state index in [0.29, 0.717) is 29.0 Å². The Morgan fingerprint density at radius 2 is 2.09 bits per heavy atom. The van der Waals surface area contributed by atoms with Gasteiger partial charge >= 0.3 is 5.97 Å². The number of aryl methyl sites for hydroxylation is 1. The van der Waals surface area contributed by atoms with Gasteiger partial charge in [0.1, 0.15) is 4.49 Å². The van der Waals surface area contributed by atoms with Crippen molar-refractivity contribution in [2.75, 3.05) is 6.61 Å². The number of aromatic nitrogens is 1. The van der Waals surface area contributed by atoms with E-state index >= 15 is 0 Å². The number of benzene rings is 1. The number of pyridine rings is 1. The summed E-state index contributed by atoms with van der Waals surface area (Å²) in [6, 6.07) is 5.13. The van der Waals surface area contributed by atoms with Crippen LogP contribution in [0, 0.1) is 6.92 Å². The molecule has 1 aromatic heterocycles. The fraction of sp³-hybridized carbons (Fsp3) is 0.250. The Balaban J connectivity index is 2.55. The Hall–Kier alpha value is -1.29. The van der Waals surface area contributed by atoms with E-state index < -0.39 is 0 Å². The highest BCUT2D eigenvalue weighted by molar-refractivity contribution is 6.55. The van der Waals surface area contributed by atoms with Crippen LogP contribution in [0.3, 0.4) is 0 Å². The van der Waals surface area contributed by atoms with E-state index in [-0.39, 0.29) is 10.5 Å². The topological polar surface area (TPSA) is 39.2 Å². The normalized spacial score (nSPS) is 10.6. The molecule has 0 unspecified atom stereocenters. The zero-order valence-electron chi connectivity index (χ0n) is 12.1. The van der Waals surface area contributed by atoms with Gasteiger partial charge in [-0.15, -0.1) is 0 Å². The Bertz CT molecular complexity index is 753. The molecule has 6 heteroatoms. The molecule has 0 saturated carbocycles. The second kappa shape index (κ2) is 7.32. The average Bonchev–Trinajstić information content (AvgIpc) is 2.46. The van der Waals surface area contributed by atoms with Gasteiger partial charge in [0.15, 0.2) is 0 Å². The Morgan fingerprint density at radius 1 is 1.36 bits per heavy atom. The zero-order valence-corrected chi connectivity index (χ0v) is 14.4. The SMILES string of the molecule is CCOC(=O)c1ccc2nc(C)c(CC=C(Cl)Cl)c(Cl)c2c1. The fourth-order valence-corrected chi connectivity index (χ4v) is 2.66. The quantitative estimate of drug-likeness (QED) is 0.702. The van der Waals surface area contributed by atoms with E-state index in [9.17, 15) is 4.79 Å². The van der Waals surface area contributed by atoms with Crippen molar-refractivity contribution in [3.63, 3.8) is 0 Å². The number of rotatable bonds is 4. The summed E-state index contributed by atoms with van der Waals surface area (Å²) in [4.78, 5) is 16.3. The van der Waals surface area contributed by atoms with E-state index in [1.807, 2.05) is 6.92 Å². The van der Waals surface area contributed by atoms with Gasteiger partial charge in [-0.1, -0.05) is 34.8 Å². The number of ether oxygens (including phenoxy) is 1. The van der Waals surface area contributed by atoms with E-state index in [4.69, 9.17) is 39.5 Å². The molecule has 0 fully saturated rings. The van der Waals surface area contributed by atoms with Crippen LogP contribution in [0.15, 0.2) is 28.8 Å². The van der Waals surface area contributed by atoms with Crippen molar-refractivity contribution >= 4 is 51.7 Å². The Morgan fingerprint density at radius 3 is 2.73 bits per heavy atom. The van der Waals surface area contributed by atoms with Crippen molar-refractivity contribution in [1.29, 1.82) is 0 Å². The molecule has 0 aliphatic rings. The minimum absolute atomic E-state index is 0.177. The molecule has 0 N–H and O–H groups in total. The van der Waals surface area contributed by atoms with Crippen molar-refractivity contribution in [3.8, 4) is 0 Å². The number of esters is 1. The Kier molecular flexibility index (Phi) is 5.68. The van der Waals surface area contributed by atoms with Crippen LogP contribution in [-0.2, 0) is 11.2 Å². The predicted octanol–water partition coefficient (Wildman–Crippen LogP) is 5.23. The molecule has 0 atom stereocenters. The van der Waals surface area contributed by atoms with Crippen molar-refractivity contribution in [2.24, 2.45) is 0 Å². The lowest BCUT2D eigenvalue weighted by Gasteiger charge is -2.10. The zero-order chi connectivity index (χ0) is 16.3. The summed E-state index contributed by atoms with van der Waals surface area (Å²) in [5.74, 6) is -0.383. The summed E-state index contributed by atoms with van der Waals surface area (Å²) >= 11 is 17.8. The molecule has 0 bridgehead atoms. The lowest BCUT2D eigenvalue weighted by atomic mass is 10.0. The van der Waals surface area contributed by atoms with Crippen molar-refractivity contribution in [3.05, 3.63) is 50.6 Å². The van der Waals surface area contributed by atoms with Gasteiger partial charge in [0.2, 0.25) is 0 Å². The summed E-state index contributed by atoms with van der Waals surface area (Å²) in [7, 11) is 0. The number of carbonyl (C=O) groups is 1. The maximum absolute atomic E-state index is 11.8. The number of halogens is 3. The van der Waals surface area contributed by atoms with E-state index in [0.717, 1.165) is 16.8 Å². The third kappa shape index (κ3) is 3.72. The highest BCUT2D eigenvalue weighted by Crippen LogP contribution is 2.30. The van der Waals surface area contributed by atoms with Crippen LogP contribution in [0.4, 0.5) is 0 Å². The second-order valence-corrected chi connectivity index (χ2v) is 6.03. The lowest BCUT2D eigenvalue weighted by molar-refractivity contribution is 0.0526. The Labute approximate surface area is 143 Å². The van der Waals surface area contributed by atoms with Crippen LogP contribution in [0.5, 0.6) is 0 Å². The third-order valence-electron chi connectivity index (χ3n) is 3.19. The van der Waals surface area contributed by atoms with Gasteiger partial charge in [-0.3, -0.25) is 4.98 Å². The molecule has 0 aliphatic carbocycles. The number of hydrogen-bond acceptors (Lipinski definition) is 3. The largest absolute Gasteiger partial charge is 0.462 e. The van der Waals surface area contributed by atoms with Crippen LogP contribution in [0.25, 0.3) is 10.9 Å². The molecule has 0 saturated heterocycles. The second-order valence-electron chi connectivity index (χ2n) is 4.64. The monoisotopic (exact) mass is 357 g/mol. The first-order valence-electron chi connectivity index (χ1n) is 6.71. The average molecular weight is 359 g/mol. The van der Waals surface area contributed by atoms with Gasteiger partial charge in [0.05, 0.1) is 22.7 Å². The minimum atomic E-state index is -0.383. The smallest absolute Gasteiger partial charge is 0.338 e. The van der Waals surface area contributed by atoms with Crippen LogP contribution < -0.4 is 0 Å². The summed E-state index contributed by atoms with van der Waals surface area (Å²) in [5, 5.41) is 1.24. The molecule has 116 valence electrons. The molecule has 0 amide bonds. The number of carbonyl (C=O) groups excluding carboxylic acids is 1. The molecule has 1 heterocycles. The maximum Gasteiger partial charge on any atom is 0.338 e. The van der Waals surface area contributed by atoms with E-state index in [1.165, 1.54) is 0 Å². The minimum Gasteiger partial charge on any atom is -0.462 e. The molecule has 0 radical (unpaired) electrons. The molecule has 3 nitrogen and oxygen atoms in total. The first kappa shape index (κ1) is 17.1. The van der Waals surface area contributed by atoms with Crippen molar-refractivity contribution in [2.45, 2.75) is 20.3 Å². The van der Waals surface area contributed by atoms with Gasteiger partial charge in [0.25, 0.3) is 0 Å². The number of fused-ring (bicyclic) bond motifs is 1. The molecule has 1 aromatic carbocycles. The maximum atomic E-state index is 11.8. The highest BCUT2D eigenvalue weighted by Gasteiger charge is 2.13. The lowest BCUT2D eigenvalue weighted by Crippen LogP contribution is -2.05. The van der Waals surface area contributed by atoms with Gasteiger partial charge in [-0.2, -0.15) is 0 Å². The summed E-state index contributed by atoms with van der Waals surface area (Å²) in [6.45, 7) is 3.95.